The van der Waals surface area contributed by atoms with Crippen LogP contribution in [0.25, 0.3) is 0 Å². The van der Waals surface area contributed by atoms with Gasteiger partial charge < -0.3 is 10.0 Å². The minimum Gasteiger partial charge on any atom is -0.383 e. The zero-order chi connectivity index (χ0) is 14.9. The molecule has 1 atom stereocenters. The molecule has 110 valence electrons. The van der Waals surface area contributed by atoms with Gasteiger partial charge in [-0.1, -0.05) is 42.1 Å². The highest BCUT2D eigenvalue weighted by molar-refractivity contribution is 8.00. The number of aliphatic hydroxyl groups is 1. The maximum Gasteiger partial charge on any atom is 0.273 e. The minimum atomic E-state index is -0.949. The van der Waals surface area contributed by atoms with Crippen LogP contribution in [0.2, 0.25) is 0 Å². The van der Waals surface area contributed by atoms with Crippen molar-refractivity contribution >= 4 is 29.0 Å². The predicted molar refractivity (Wildman–Crippen MR) is 84.8 cm³/mol. The second-order valence-corrected chi connectivity index (χ2v) is 6.99. The molecule has 0 spiro atoms. The van der Waals surface area contributed by atoms with E-state index in [1.807, 2.05) is 36.6 Å². The molecule has 1 aliphatic rings. The molecule has 6 heteroatoms. The number of aromatic nitrogens is 1. The van der Waals surface area contributed by atoms with Crippen LogP contribution in [-0.2, 0) is 5.60 Å². The third kappa shape index (κ3) is 2.84. The number of carbonyl (C=O) groups excluding carboxylic acids is 1. The van der Waals surface area contributed by atoms with Crippen molar-refractivity contribution in [2.75, 3.05) is 19.3 Å². The quantitative estimate of drug-likeness (QED) is 0.883. The lowest BCUT2D eigenvalue weighted by Crippen LogP contribution is -2.34. The Kier molecular flexibility index (Phi) is 4.01. The van der Waals surface area contributed by atoms with Crippen molar-refractivity contribution in [3.8, 4) is 0 Å². The second-order valence-electron chi connectivity index (χ2n) is 5.08. The van der Waals surface area contributed by atoms with Gasteiger partial charge in [-0.3, -0.25) is 4.79 Å². The number of carbonyl (C=O) groups is 1. The summed E-state index contributed by atoms with van der Waals surface area (Å²) in [5, 5.41) is 12.6. The lowest BCUT2D eigenvalue weighted by molar-refractivity contribution is 0.0416. The summed E-state index contributed by atoms with van der Waals surface area (Å²) in [7, 11) is 0. The summed E-state index contributed by atoms with van der Waals surface area (Å²) >= 11 is 3.01. The number of β-amino-alcohol motifs (C(OH)–C–C–N with tert-alkyl or cyclic N) is 1. The van der Waals surface area contributed by atoms with Crippen LogP contribution in [0.1, 0.15) is 22.5 Å². The van der Waals surface area contributed by atoms with Crippen LogP contribution in [0.3, 0.4) is 0 Å². The fourth-order valence-corrected chi connectivity index (χ4v) is 3.80. The predicted octanol–water partition coefficient (Wildman–Crippen LogP) is 2.60. The standard InChI is InChI=1S/C15H16N2O2S2/c1-20-14-16-12(9-21-14)13(18)17-8-7-15(19,10-17)11-5-3-2-4-6-11/h2-6,9,19H,7-8,10H2,1H3/t15-/m0/s1. The van der Waals surface area contributed by atoms with E-state index in [0.29, 0.717) is 25.2 Å². The summed E-state index contributed by atoms with van der Waals surface area (Å²) in [5.74, 6) is -0.0987. The molecule has 4 nitrogen and oxygen atoms in total. The molecule has 21 heavy (non-hydrogen) atoms. The number of hydrogen-bond acceptors (Lipinski definition) is 5. The zero-order valence-electron chi connectivity index (χ0n) is 11.7. The van der Waals surface area contributed by atoms with Crippen LogP contribution in [0.4, 0.5) is 0 Å². The maximum atomic E-state index is 12.4. The second kappa shape index (κ2) is 5.79. The van der Waals surface area contributed by atoms with Crippen molar-refractivity contribution in [2.45, 2.75) is 16.4 Å². The van der Waals surface area contributed by atoms with Crippen LogP contribution in [0.15, 0.2) is 40.1 Å². The molecule has 2 heterocycles. The van der Waals surface area contributed by atoms with Crippen LogP contribution >= 0.6 is 23.1 Å². The minimum absolute atomic E-state index is 0.0987. The first kappa shape index (κ1) is 14.6. The van der Waals surface area contributed by atoms with E-state index in [2.05, 4.69) is 4.98 Å². The van der Waals surface area contributed by atoms with Gasteiger partial charge in [0.15, 0.2) is 0 Å². The number of likely N-dealkylation sites (tertiary alicyclic amines) is 1. The smallest absolute Gasteiger partial charge is 0.273 e. The number of amides is 1. The molecule has 2 aromatic rings. The molecular weight excluding hydrogens is 304 g/mol. The van der Waals surface area contributed by atoms with E-state index in [1.165, 1.54) is 23.1 Å². The molecular formula is C15H16N2O2S2. The average molecular weight is 320 g/mol. The summed E-state index contributed by atoms with van der Waals surface area (Å²) in [4.78, 5) is 18.4. The summed E-state index contributed by atoms with van der Waals surface area (Å²) in [6, 6.07) is 9.54. The average Bonchev–Trinajstić information content (AvgIpc) is 3.15. The van der Waals surface area contributed by atoms with Crippen LogP contribution in [0.5, 0.6) is 0 Å². The Bertz CT molecular complexity index is 644. The Balaban J connectivity index is 1.76. The van der Waals surface area contributed by atoms with Crippen molar-refractivity contribution in [1.82, 2.24) is 9.88 Å². The summed E-state index contributed by atoms with van der Waals surface area (Å²) in [5.41, 5.74) is 0.389. The van der Waals surface area contributed by atoms with Gasteiger partial charge in [0, 0.05) is 11.9 Å². The highest BCUT2D eigenvalue weighted by Gasteiger charge is 2.40. The Morgan fingerprint density at radius 2 is 2.19 bits per heavy atom. The summed E-state index contributed by atoms with van der Waals surface area (Å²) in [6.45, 7) is 0.873. The Morgan fingerprint density at radius 1 is 1.43 bits per heavy atom. The van der Waals surface area contributed by atoms with Gasteiger partial charge in [0.2, 0.25) is 0 Å². The summed E-state index contributed by atoms with van der Waals surface area (Å²) < 4.78 is 0.885. The fourth-order valence-electron chi connectivity index (χ4n) is 2.56. The van der Waals surface area contributed by atoms with Crippen molar-refractivity contribution in [2.24, 2.45) is 0 Å². The van der Waals surface area contributed by atoms with Crippen molar-refractivity contribution < 1.29 is 9.90 Å². The Labute approximate surface area is 131 Å². The van der Waals surface area contributed by atoms with Crippen LogP contribution < -0.4 is 0 Å². The number of nitrogens with zero attached hydrogens (tertiary/aromatic N) is 2. The highest BCUT2D eigenvalue weighted by Crippen LogP contribution is 2.32. The van der Waals surface area contributed by atoms with Gasteiger partial charge in [0.25, 0.3) is 5.91 Å². The van der Waals surface area contributed by atoms with Gasteiger partial charge in [-0.2, -0.15) is 0 Å². The molecule has 0 radical (unpaired) electrons. The lowest BCUT2D eigenvalue weighted by atomic mass is 9.93. The van der Waals surface area contributed by atoms with E-state index >= 15 is 0 Å². The van der Waals surface area contributed by atoms with Gasteiger partial charge in [0.1, 0.15) is 15.6 Å². The molecule has 1 saturated heterocycles. The molecule has 1 fully saturated rings. The van der Waals surface area contributed by atoms with Gasteiger partial charge in [-0.05, 0) is 18.2 Å². The van der Waals surface area contributed by atoms with Crippen molar-refractivity contribution in [1.29, 1.82) is 0 Å². The van der Waals surface area contributed by atoms with Gasteiger partial charge in [-0.15, -0.1) is 11.3 Å². The first-order valence-corrected chi connectivity index (χ1v) is 8.79. The maximum absolute atomic E-state index is 12.4. The van der Waals surface area contributed by atoms with E-state index in [9.17, 15) is 9.90 Å². The highest BCUT2D eigenvalue weighted by atomic mass is 32.2. The third-order valence-corrected chi connectivity index (χ3v) is 5.59. The van der Waals surface area contributed by atoms with E-state index in [4.69, 9.17) is 0 Å². The fraction of sp³-hybridized carbons (Fsp3) is 0.333. The van der Waals surface area contributed by atoms with Crippen molar-refractivity contribution in [3.63, 3.8) is 0 Å². The number of thiazole rings is 1. The van der Waals surface area contributed by atoms with E-state index in [1.54, 1.807) is 10.3 Å². The van der Waals surface area contributed by atoms with Gasteiger partial charge in [-0.25, -0.2) is 4.98 Å². The van der Waals surface area contributed by atoms with Crippen LogP contribution in [0, 0.1) is 0 Å². The molecule has 1 N–H and O–H groups in total. The van der Waals surface area contributed by atoms with E-state index in [0.717, 1.165) is 9.90 Å². The number of hydrogen-bond donors (Lipinski definition) is 1. The zero-order valence-corrected chi connectivity index (χ0v) is 13.3. The monoisotopic (exact) mass is 320 g/mol. The SMILES string of the molecule is CSc1nc(C(=O)N2CC[C@@](O)(c3ccccc3)C2)cs1. The number of rotatable bonds is 3. The summed E-state index contributed by atoms with van der Waals surface area (Å²) in [6.07, 6.45) is 2.50. The molecule has 0 saturated carbocycles. The molecule has 0 aliphatic carbocycles. The Hall–Kier alpha value is -1.37. The van der Waals surface area contributed by atoms with Gasteiger partial charge in [0.05, 0.1) is 6.54 Å². The number of benzene rings is 1. The molecule has 1 aliphatic heterocycles. The lowest BCUT2D eigenvalue weighted by Gasteiger charge is -2.23. The van der Waals surface area contributed by atoms with Crippen molar-refractivity contribution in [3.05, 3.63) is 47.0 Å². The van der Waals surface area contributed by atoms with Gasteiger partial charge >= 0.3 is 0 Å². The first-order valence-electron chi connectivity index (χ1n) is 6.69. The normalized spacial score (nSPS) is 21.7. The molecule has 1 aromatic carbocycles. The molecule has 3 rings (SSSR count). The Morgan fingerprint density at radius 3 is 2.86 bits per heavy atom. The van der Waals surface area contributed by atoms with E-state index in [-0.39, 0.29) is 5.91 Å². The first-order chi connectivity index (χ1) is 10.1. The van der Waals surface area contributed by atoms with E-state index < -0.39 is 5.60 Å². The largest absolute Gasteiger partial charge is 0.383 e. The topological polar surface area (TPSA) is 53.4 Å². The molecule has 0 bridgehead atoms. The third-order valence-electron chi connectivity index (χ3n) is 3.72. The molecule has 1 aromatic heterocycles. The van der Waals surface area contributed by atoms with Crippen LogP contribution in [-0.4, -0.2) is 40.2 Å². The molecule has 1 amide bonds. The number of thioether (sulfide) groups is 1. The molecule has 0 unspecified atom stereocenters.